The molecule has 0 aromatic heterocycles. The zero-order chi connectivity index (χ0) is 19.6. The number of aliphatic hydroxyl groups excluding tert-OH is 1. The highest BCUT2D eigenvalue weighted by Gasteiger charge is 2.36. The molecule has 27 heavy (non-hydrogen) atoms. The number of nitrogens with zero attached hydrogens (tertiary/aromatic N) is 1. The van der Waals surface area contributed by atoms with Gasteiger partial charge in [-0.1, -0.05) is 38.1 Å². The van der Waals surface area contributed by atoms with E-state index in [-0.39, 0.29) is 46.9 Å². The average molecular weight is 369 g/mol. The summed E-state index contributed by atoms with van der Waals surface area (Å²) in [5.41, 5.74) is 0.972. The van der Waals surface area contributed by atoms with Gasteiger partial charge in [0.1, 0.15) is 17.4 Å². The largest absolute Gasteiger partial charge is 0.506 e. The third-order valence-electron chi connectivity index (χ3n) is 4.58. The molecule has 0 spiro atoms. The molecule has 1 aliphatic carbocycles. The number of carbonyl (C=O) groups is 1. The lowest BCUT2D eigenvalue weighted by Gasteiger charge is -2.31. The van der Waals surface area contributed by atoms with E-state index in [1.807, 2.05) is 13.8 Å². The smallest absolute Gasteiger partial charge is 0.168 e. The van der Waals surface area contributed by atoms with Gasteiger partial charge >= 0.3 is 0 Å². The fraction of sp³-hybridized carbons (Fsp3) is 0.273. The molecular formula is C22H21F2NO2. The summed E-state index contributed by atoms with van der Waals surface area (Å²) in [5, 5.41) is 10.7. The fourth-order valence-corrected chi connectivity index (χ4v) is 3.26. The highest BCUT2D eigenvalue weighted by atomic mass is 19.1. The number of hydrogen-bond donors (Lipinski definition) is 1. The minimum Gasteiger partial charge on any atom is -0.506 e. The highest BCUT2D eigenvalue weighted by Crippen LogP contribution is 2.37. The number of rotatable bonds is 3. The zero-order valence-corrected chi connectivity index (χ0v) is 15.3. The first-order valence-electron chi connectivity index (χ1n) is 8.76. The van der Waals surface area contributed by atoms with Crippen molar-refractivity contribution in [1.82, 2.24) is 0 Å². The van der Waals surface area contributed by atoms with E-state index < -0.39 is 5.82 Å². The standard InChI is InChI=1S/C22H21F2NO2/c1-22(2)11-18(25-13-14-7-9-15(23)10-8-14)20(19(26)12-22)21(27)16-5-3-4-6-17(16)24/h3-10,27H,11-13H2,1-2H3/b21-20+,25-18?. The van der Waals surface area contributed by atoms with E-state index in [1.54, 1.807) is 18.2 Å². The van der Waals surface area contributed by atoms with Gasteiger partial charge in [0, 0.05) is 6.42 Å². The van der Waals surface area contributed by atoms with Crippen molar-refractivity contribution < 1.29 is 18.7 Å². The first-order chi connectivity index (χ1) is 12.8. The lowest BCUT2D eigenvalue weighted by Crippen LogP contribution is -2.32. The van der Waals surface area contributed by atoms with Gasteiger partial charge in [-0.25, -0.2) is 8.78 Å². The molecule has 0 saturated heterocycles. The Morgan fingerprint density at radius 1 is 1.07 bits per heavy atom. The SMILES string of the molecule is CC1(C)CC(=O)/C(=C(/O)c2ccccc2F)C(=NCc2ccc(F)cc2)C1. The number of Topliss-reactive ketones (excluding diaryl/α,β-unsaturated/α-hetero) is 1. The normalized spacial score (nSPS) is 20.0. The summed E-state index contributed by atoms with van der Waals surface area (Å²) < 4.78 is 27.2. The number of allylic oxidation sites excluding steroid dienone is 1. The summed E-state index contributed by atoms with van der Waals surface area (Å²) in [6.45, 7) is 4.15. The number of ketones is 1. The van der Waals surface area contributed by atoms with Crippen molar-refractivity contribution in [3.8, 4) is 0 Å². The van der Waals surface area contributed by atoms with Gasteiger partial charge in [0.05, 0.1) is 23.4 Å². The van der Waals surface area contributed by atoms with E-state index in [0.717, 1.165) is 5.56 Å². The van der Waals surface area contributed by atoms with E-state index >= 15 is 0 Å². The van der Waals surface area contributed by atoms with Crippen molar-refractivity contribution in [3.05, 3.63) is 76.9 Å². The molecule has 0 atom stereocenters. The third kappa shape index (κ3) is 4.30. The van der Waals surface area contributed by atoms with Gasteiger partial charge in [-0.05, 0) is 41.7 Å². The first-order valence-corrected chi connectivity index (χ1v) is 8.76. The lowest BCUT2D eigenvalue weighted by molar-refractivity contribution is -0.117. The summed E-state index contributed by atoms with van der Waals surface area (Å²) in [6.07, 6.45) is 0.726. The van der Waals surface area contributed by atoms with Gasteiger partial charge in [0.15, 0.2) is 5.78 Å². The third-order valence-corrected chi connectivity index (χ3v) is 4.58. The molecule has 1 fully saturated rings. The van der Waals surface area contributed by atoms with Crippen molar-refractivity contribution in [1.29, 1.82) is 0 Å². The highest BCUT2D eigenvalue weighted by molar-refractivity contribution is 6.28. The van der Waals surface area contributed by atoms with Gasteiger partial charge in [0.25, 0.3) is 0 Å². The Morgan fingerprint density at radius 2 is 1.74 bits per heavy atom. The Balaban J connectivity index is 2.04. The van der Waals surface area contributed by atoms with E-state index in [2.05, 4.69) is 4.99 Å². The maximum Gasteiger partial charge on any atom is 0.168 e. The van der Waals surface area contributed by atoms with Gasteiger partial charge < -0.3 is 5.11 Å². The van der Waals surface area contributed by atoms with Crippen molar-refractivity contribution >= 4 is 17.3 Å². The van der Waals surface area contributed by atoms with Crippen LogP contribution < -0.4 is 0 Å². The Morgan fingerprint density at radius 3 is 2.41 bits per heavy atom. The minimum atomic E-state index is -0.599. The van der Waals surface area contributed by atoms with E-state index in [1.165, 1.54) is 30.3 Å². The number of hydrogen-bond acceptors (Lipinski definition) is 3. The van der Waals surface area contributed by atoms with Crippen LogP contribution in [-0.4, -0.2) is 16.6 Å². The van der Waals surface area contributed by atoms with Crippen molar-refractivity contribution in [2.24, 2.45) is 10.4 Å². The molecule has 3 nitrogen and oxygen atoms in total. The van der Waals surface area contributed by atoms with Crippen molar-refractivity contribution in [3.63, 3.8) is 0 Å². The summed E-state index contributed by atoms with van der Waals surface area (Å²) in [5.74, 6) is -1.58. The molecule has 5 heteroatoms. The maximum absolute atomic E-state index is 14.1. The van der Waals surface area contributed by atoms with Crippen LogP contribution >= 0.6 is 0 Å². The van der Waals surface area contributed by atoms with E-state index in [4.69, 9.17) is 0 Å². The molecule has 0 heterocycles. The molecule has 0 unspecified atom stereocenters. The Labute approximate surface area is 157 Å². The quantitative estimate of drug-likeness (QED) is 0.592. The first kappa shape index (κ1) is 19.0. The van der Waals surface area contributed by atoms with Crippen LogP contribution in [0.15, 0.2) is 59.1 Å². The van der Waals surface area contributed by atoms with Gasteiger partial charge in [-0.15, -0.1) is 0 Å². The molecule has 1 N–H and O–H groups in total. The predicted molar refractivity (Wildman–Crippen MR) is 102 cm³/mol. The summed E-state index contributed by atoms with van der Waals surface area (Å²) >= 11 is 0. The monoisotopic (exact) mass is 369 g/mol. The average Bonchev–Trinajstić information content (AvgIpc) is 2.60. The lowest BCUT2D eigenvalue weighted by atomic mass is 9.73. The van der Waals surface area contributed by atoms with Crippen LogP contribution in [0.3, 0.4) is 0 Å². The van der Waals surface area contributed by atoms with E-state index in [0.29, 0.717) is 12.1 Å². The van der Waals surface area contributed by atoms with Crippen LogP contribution in [-0.2, 0) is 11.3 Å². The second-order valence-electron chi connectivity index (χ2n) is 7.53. The molecule has 0 amide bonds. The predicted octanol–water partition coefficient (Wildman–Crippen LogP) is 5.26. The molecule has 2 aromatic carbocycles. The summed E-state index contributed by atoms with van der Waals surface area (Å²) in [6, 6.07) is 11.7. The second kappa shape index (κ2) is 7.43. The zero-order valence-electron chi connectivity index (χ0n) is 15.3. The molecule has 140 valence electrons. The van der Waals surface area contributed by atoms with E-state index in [9.17, 15) is 18.7 Å². The molecule has 3 rings (SSSR count). The topological polar surface area (TPSA) is 49.7 Å². The van der Waals surface area contributed by atoms with Crippen LogP contribution in [0.1, 0.15) is 37.8 Å². The molecule has 0 bridgehead atoms. The van der Waals surface area contributed by atoms with Crippen molar-refractivity contribution in [2.75, 3.05) is 0 Å². The van der Waals surface area contributed by atoms with Crippen LogP contribution in [0.5, 0.6) is 0 Å². The van der Waals surface area contributed by atoms with Crippen LogP contribution in [0.25, 0.3) is 5.76 Å². The van der Waals surface area contributed by atoms with Gasteiger partial charge in [0.2, 0.25) is 0 Å². The number of benzene rings is 2. The van der Waals surface area contributed by atoms with Gasteiger partial charge in [-0.2, -0.15) is 0 Å². The molecule has 1 aliphatic rings. The Bertz CT molecular complexity index is 928. The van der Waals surface area contributed by atoms with Gasteiger partial charge in [-0.3, -0.25) is 9.79 Å². The molecule has 0 radical (unpaired) electrons. The number of aliphatic imine (C=N–C) groups is 1. The molecule has 1 saturated carbocycles. The van der Waals surface area contributed by atoms with Crippen LogP contribution in [0, 0.1) is 17.0 Å². The molecule has 0 aliphatic heterocycles. The Kier molecular flexibility index (Phi) is 5.22. The minimum absolute atomic E-state index is 0.0185. The second-order valence-corrected chi connectivity index (χ2v) is 7.53. The maximum atomic E-state index is 14.1. The Hall–Kier alpha value is -2.82. The van der Waals surface area contributed by atoms with Crippen LogP contribution in [0.2, 0.25) is 0 Å². The summed E-state index contributed by atoms with van der Waals surface area (Å²) in [4.78, 5) is 17.3. The fourth-order valence-electron chi connectivity index (χ4n) is 3.26. The molecule has 2 aromatic rings. The number of aliphatic hydroxyl groups is 1. The summed E-state index contributed by atoms with van der Waals surface area (Å²) in [7, 11) is 0. The molecular weight excluding hydrogens is 348 g/mol. The number of carbonyl (C=O) groups excluding carboxylic acids is 1. The van der Waals surface area contributed by atoms with Crippen LogP contribution in [0.4, 0.5) is 8.78 Å². The number of halogens is 2. The van der Waals surface area contributed by atoms with Crippen molar-refractivity contribution in [2.45, 2.75) is 33.2 Å².